The first-order valence-corrected chi connectivity index (χ1v) is 4.32. The lowest BCUT2D eigenvalue weighted by Gasteiger charge is -2.05. The van der Waals surface area contributed by atoms with Crippen LogP contribution in [0.5, 0.6) is 5.75 Å². The Hall–Kier alpha value is -0.550. The lowest BCUT2D eigenvalue weighted by atomic mass is 10.3. The van der Waals surface area contributed by atoms with Gasteiger partial charge in [0.25, 0.3) is 0 Å². The fraction of sp³-hybridized carbons (Fsp3) is 0.143. The highest BCUT2D eigenvalue weighted by Crippen LogP contribution is 2.39. The molecule has 6 heteroatoms. The Kier molecular flexibility index (Phi) is 2.98. The van der Waals surface area contributed by atoms with Gasteiger partial charge in [0, 0.05) is 4.90 Å². The minimum absolute atomic E-state index is 0.0460. The van der Waals surface area contributed by atoms with Gasteiger partial charge in [-0.15, -0.1) is 0 Å². The van der Waals surface area contributed by atoms with Gasteiger partial charge in [-0.25, -0.2) is 0 Å². The van der Waals surface area contributed by atoms with Crippen LogP contribution in [0.15, 0.2) is 23.1 Å². The molecule has 0 saturated heterocycles. The Morgan fingerprint density at radius 1 is 1.31 bits per heavy atom. The Bertz CT molecular complexity index is 313. The van der Waals surface area contributed by atoms with Crippen molar-refractivity contribution in [3.63, 3.8) is 0 Å². The Labute approximate surface area is 81.5 Å². The molecule has 0 unspecified atom stereocenters. The van der Waals surface area contributed by atoms with Gasteiger partial charge in [0.15, 0.2) is 0 Å². The van der Waals surface area contributed by atoms with Crippen LogP contribution in [-0.4, -0.2) is 10.6 Å². The van der Waals surface area contributed by atoms with E-state index >= 15 is 0 Å². The molecule has 1 N–H and O–H groups in total. The summed E-state index contributed by atoms with van der Waals surface area (Å²) in [6.07, 6.45) is 0. The summed E-state index contributed by atoms with van der Waals surface area (Å²) in [5, 5.41) is 8.83. The average Bonchev–Trinajstić information content (AvgIpc) is 1.94. The lowest BCUT2D eigenvalue weighted by Crippen LogP contribution is -1.98. The van der Waals surface area contributed by atoms with Crippen molar-refractivity contribution in [2.24, 2.45) is 0 Å². The molecule has 0 heterocycles. The van der Waals surface area contributed by atoms with Crippen LogP contribution in [0.25, 0.3) is 0 Å². The molecule has 13 heavy (non-hydrogen) atoms. The molecule has 0 aromatic heterocycles. The SMILES string of the molecule is Oc1ccc(SC(F)(F)F)cc1Cl. The van der Waals surface area contributed by atoms with Crippen LogP contribution in [-0.2, 0) is 0 Å². The zero-order valence-corrected chi connectivity index (χ0v) is 7.67. The van der Waals surface area contributed by atoms with E-state index in [0.717, 1.165) is 18.2 Å². The lowest BCUT2D eigenvalue weighted by molar-refractivity contribution is -0.0328. The summed E-state index contributed by atoms with van der Waals surface area (Å²) < 4.78 is 35.5. The van der Waals surface area contributed by atoms with E-state index < -0.39 is 5.51 Å². The van der Waals surface area contributed by atoms with Crippen LogP contribution in [0.4, 0.5) is 13.2 Å². The molecule has 0 aliphatic heterocycles. The maximum atomic E-state index is 11.8. The van der Waals surface area contributed by atoms with Gasteiger partial charge in [0.2, 0.25) is 0 Å². The highest BCUT2D eigenvalue weighted by Gasteiger charge is 2.29. The van der Waals surface area contributed by atoms with Gasteiger partial charge in [-0.3, -0.25) is 0 Å². The molecule has 0 aliphatic carbocycles. The number of phenols is 1. The summed E-state index contributed by atoms with van der Waals surface area (Å²) >= 11 is 5.14. The number of benzene rings is 1. The van der Waals surface area contributed by atoms with Crippen molar-refractivity contribution >= 4 is 23.4 Å². The first-order valence-electron chi connectivity index (χ1n) is 3.13. The summed E-state index contributed by atoms with van der Waals surface area (Å²) in [6.45, 7) is 0. The molecule has 0 atom stereocenters. The third kappa shape index (κ3) is 3.36. The van der Waals surface area contributed by atoms with Crippen LogP contribution in [0, 0.1) is 0 Å². The molecular formula is C7H4ClF3OS. The summed E-state index contributed by atoms with van der Waals surface area (Å²) in [4.78, 5) is -0.0460. The number of hydrogen-bond donors (Lipinski definition) is 1. The number of halogens is 4. The highest BCUT2D eigenvalue weighted by molar-refractivity contribution is 8.00. The summed E-state index contributed by atoms with van der Waals surface area (Å²) in [5.41, 5.74) is -4.33. The second kappa shape index (κ2) is 3.67. The molecule has 1 aromatic rings. The van der Waals surface area contributed by atoms with E-state index in [0.29, 0.717) is 0 Å². The van der Waals surface area contributed by atoms with Gasteiger partial charge in [-0.05, 0) is 30.0 Å². The van der Waals surface area contributed by atoms with Crippen LogP contribution in [0.1, 0.15) is 0 Å². The average molecular weight is 229 g/mol. The van der Waals surface area contributed by atoms with E-state index in [-0.39, 0.29) is 27.4 Å². The van der Waals surface area contributed by atoms with E-state index in [9.17, 15) is 13.2 Å². The first kappa shape index (κ1) is 10.5. The Morgan fingerprint density at radius 3 is 2.38 bits per heavy atom. The van der Waals surface area contributed by atoms with E-state index in [1.54, 1.807) is 0 Å². The smallest absolute Gasteiger partial charge is 0.446 e. The zero-order chi connectivity index (χ0) is 10.1. The number of phenolic OH excluding ortho intramolecular Hbond substituents is 1. The van der Waals surface area contributed by atoms with Gasteiger partial charge in [-0.2, -0.15) is 13.2 Å². The third-order valence-corrected chi connectivity index (χ3v) is 2.18. The zero-order valence-electron chi connectivity index (χ0n) is 6.10. The molecule has 1 nitrogen and oxygen atoms in total. The first-order chi connectivity index (χ1) is 5.88. The minimum atomic E-state index is -4.33. The van der Waals surface area contributed by atoms with Gasteiger partial charge in [0.05, 0.1) is 5.02 Å². The monoisotopic (exact) mass is 228 g/mol. The van der Waals surface area contributed by atoms with Crippen LogP contribution < -0.4 is 0 Å². The van der Waals surface area contributed by atoms with Crippen molar-refractivity contribution < 1.29 is 18.3 Å². The van der Waals surface area contributed by atoms with Crippen LogP contribution >= 0.6 is 23.4 Å². The maximum Gasteiger partial charge on any atom is 0.446 e. The Morgan fingerprint density at radius 2 is 1.92 bits per heavy atom. The van der Waals surface area contributed by atoms with Gasteiger partial charge >= 0.3 is 5.51 Å². The predicted octanol–water partition coefficient (Wildman–Crippen LogP) is 3.66. The second-order valence-electron chi connectivity index (χ2n) is 2.16. The van der Waals surface area contributed by atoms with Gasteiger partial charge in [-0.1, -0.05) is 11.6 Å². The number of alkyl halides is 3. The van der Waals surface area contributed by atoms with Crippen molar-refractivity contribution in [1.82, 2.24) is 0 Å². The van der Waals surface area contributed by atoms with Gasteiger partial charge < -0.3 is 5.11 Å². The molecule has 72 valence electrons. The molecular weight excluding hydrogens is 225 g/mol. The van der Waals surface area contributed by atoms with E-state index in [1.165, 1.54) is 0 Å². The molecule has 0 amide bonds. The van der Waals surface area contributed by atoms with Crippen molar-refractivity contribution in [3.05, 3.63) is 23.2 Å². The molecule has 0 spiro atoms. The predicted molar refractivity (Wildman–Crippen MR) is 45.0 cm³/mol. The highest BCUT2D eigenvalue weighted by atomic mass is 35.5. The van der Waals surface area contributed by atoms with E-state index in [4.69, 9.17) is 16.7 Å². The standard InChI is InChI=1S/C7H4ClF3OS/c8-5-3-4(1-2-6(5)12)13-7(9,10)11/h1-3,12H. The topological polar surface area (TPSA) is 20.2 Å². The Balaban J connectivity index is 2.86. The van der Waals surface area contributed by atoms with Crippen molar-refractivity contribution in [1.29, 1.82) is 0 Å². The number of hydrogen-bond acceptors (Lipinski definition) is 2. The van der Waals surface area contributed by atoms with E-state index in [2.05, 4.69) is 0 Å². The summed E-state index contributed by atoms with van der Waals surface area (Å²) in [6, 6.07) is 3.34. The summed E-state index contributed by atoms with van der Waals surface area (Å²) in [7, 11) is 0. The number of thioether (sulfide) groups is 1. The molecule has 0 fully saturated rings. The van der Waals surface area contributed by atoms with Crippen LogP contribution in [0.2, 0.25) is 5.02 Å². The van der Waals surface area contributed by atoms with Gasteiger partial charge in [0.1, 0.15) is 5.75 Å². The minimum Gasteiger partial charge on any atom is -0.506 e. The number of aromatic hydroxyl groups is 1. The fourth-order valence-corrected chi connectivity index (χ4v) is 1.51. The van der Waals surface area contributed by atoms with Crippen molar-refractivity contribution in [3.8, 4) is 5.75 Å². The normalized spacial score (nSPS) is 11.7. The molecule has 1 aromatic carbocycles. The quantitative estimate of drug-likeness (QED) is 0.741. The molecule has 1 rings (SSSR count). The maximum absolute atomic E-state index is 11.8. The molecule has 0 aliphatic rings. The fourth-order valence-electron chi connectivity index (χ4n) is 0.685. The third-order valence-electron chi connectivity index (χ3n) is 1.15. The summed E-state index contributed by atoms with van der Waals surface area (Å²) in [5.74, 6) is -0.229. The largest absolute Gasteiger partial charge is 0.506 e. The molecule has 0 bridgehead atoms. The second-order valence-corrected chi connectivity index (χ2v) is 3.71. The van der Waals surface area contributed by atoms with Crippen molar-refractivity contribution in [2.45, 2.75) is 10.4 Å². The van der Waals surface area contributed by atoms with Crippen LogP contribution in [0.3, 0.4) is 0 Å². The number of rotatable bonds is 1. The van der Waals surface area contributed by atoms with E-state index in [1.807, 2.05) is 0 Å². The molecule has 0 radical (unpaired) electrons. The molecule has 0 saturated carbocycles. The van der Waals surface area contributed by atoms with Crippen molar-refractivity contribution in [2.75, 3.05) is 0 Å².